The summed E-state index contributed by atoms with van der Waals surface area (Å²) in [5.74, 6) is 0.625. The molecule has 2 aromatic carbocycles. The monoisotopic (exact) mass is 291 g/mol. The van der Waals surface area contributed by atoms with Gasteiger partial charge in [0.25, 0.3) is 0 Å². The Labute approximate surface area is 119 Å². The third-order valence-electron chi connectivity index (χ3n) is 3.18. The van der Waals surface area contributed by atoms with Crippen molar-refractivity contribution < 1.29 is 17.9 Å². The first-order chi connectivity index (χ1) is 10.0. The largest absolute Gasteiger partial charge is 0.489 e. The highest BCUT2D eigenvalue weighted by atomic mass is 19.4. The average Bonchev–Trinajstić information content (AvgIpc) is 2.92. The summed E-state index contributed by atoms with van der Waals surface area (Å²) in [5, 5.41) is 0.997. The highest BCUT2D eigenvalue weighted by molar-refractivity contribution is 5.80. The van der Waals surface area contributed by atoms with E-state index in [2.05, 4.69) is 4.98 Å². The summed E-state index contributed by atoms with van der Waals surface area (Å²) in [6, 6.07) is 12.6. The summed E-state index contributed by atoms with van der Waals surface area (Å²) in [6.07, 6.45) is -2.51. The lowest BCUT2D eigenvalue weighted by atomic mass is 10.1. The quantitative estimate of drug-likeness (QED) is 0.739. The average molecular weight is 291 g/mol. The number of rotatable bonds is 3. The van der Waals surface area contributed by atoms with Crippen LogP contribution in [0.5, 0.6) is 5.75 Å². The van der Waals surface area contributed by atoms with Gasteiger partial charge in [-0.25, -0.2) is 0 Å². The lowest BCUT2D eigenvalue weighted by Gasteiger charge is -2.10. The first-order valence-electron chi connectivity index (χ1n) is 6.38. The first-order valence-corrected chi connectivity index (χ1v) is 6.38. The van der Waals surface area contributed by atoms with E-state index in [9.17, 15) is 13.2 Å². The highest BCUT2D eigenvalue weighted by Crippen LogP contribution is 2.30. The molecule has 3 aromatic rings. The van der Waals surface area contributed by atoms with Gasteiger partial charge in [-0.3, -0.25) is 0 Å². The van der Waals surface area contributed by atoms with Crippen LogP contribution in [-0.2, 0) is 12.8 Å². The molecule has 1 N–H and O–H groups in total. The van der Waals surface area contributed by atoms with Gasteiger partial charge in [-0.15, -0.1) is 0 Å². The van der Waals surface area contributed by atoms with E-state index in [0.717, 1.165) is 23.0 Å². The van der Waals surface area contributed by atoms with Crippen LogP contribution in [0.3, 0.4) is 0 Å². The number of halogens is 3. The van der Waals surface area contributed by atoms with Crippen LogP contribution in [0.2, 0.25) is 0 Å². The van der Waals surface area contributed by atoms with Gasteiger partial charge in [0.05, 0.1) is 5.56 Å². The van der Waals surface area contributed by atoms with Gasteiger partial charge in [-0.1, -0.05) is 12.1 Å². The maximum absolute atomic E-state index is 12.6. The lowest BCUT2D eigenvalue weighted by molar-refractivity contribution is -0.137. The Morgan fingerprint density at radius 2 is 1.86 bits per heavy atom. The van der Waals surface area contributed by atoms with E-state index < -0.39 is 11.7 Å². The molecule has 0 aliphatic rings. The fraction of sp³-hybridized carbons (Fsp3) is 0.125. The van der Waals surface area contributed by atoms with Gasteiger partial charge >= 0.3 is 6.18 Å². The summed E-state index contributed by atoms with van der Waals surface area (Å²) in [7, 11) is 0. The van der Waals surface area contributed by atoms with Crippen molar-refractivity contribution in [3.8, 4) is 5.75 Å². The van der Waals surface area contributed by atoms with Crippen LogP contribution in [0.15, 0.2) is 54.7 Å². The van der Waals surface area contributed by atoms with Gasteiger partial charge in [-0.05, 0) is 42.0 Å². The van der Waals surface area contributed by atoms with Gasteiger partial charge in [0, 0.05) is 17.1 Å². The molecular weight excluding hydrogens is 279 g/mol. The van der Waals surface area contributed by atoms with E-state index in [1.807, 2.05) is 24.4 Å². The molecular formula is C16H12F3NO. The summed E-state index contributed by atoms with van der Waals surface area (Å²) in [6.45, 7) is 0.0971. The number of nitrogens with one attached hydrogen (secondary N) is 1. The van der Waals surface area contributed by atoms with E-state index in [1.54, 1.807) is 12.1 Å². The molecule has 0 radical (unpaired) electrons. The van der Waals surface area contributed by atoms with Crippen LogP contribution in [0.4, 0.5) is 13.2 Å². The number of H-pyrrole nitrogens is 1. The van der Waals surface area contributed by atoms with Crippen molar-refractivity contribution in [2.45, 2.75) is 12.8 Å². The van der Waals surface area contributed by atoms with E-state index >= 15 is 0 Å². The topological polar surface area (TPSA) is 25.0 Å². The van der Waals surface area contributed by atoms with Crippen molar-refractivity contribution in [1.82, 2.24) is 4.98 Å². The number of benzene rings is 2. The number of hydrogen-bond acceptors (Lipinski definition) is 1. The second kappa shape index (κ2) is 5.16. The van der Waals surface area contributed by atoms with Gasteiger partial charge in [0.1, 0.15) is 12.4 Å². The zero-order valence-electron chi connectivity index (χ0n) is 10.9. The lowest BCUT2D eigenvalue weighted by Crippen LogP contribution is -2.06. The van der Waals surface area contributed by atoms with Gasteiger partial charge in [0.2, 0.25) is 0 Å². The molecule has 3 rings (SSSR count). The van der Waals surface area contributed by atoms with Crippen molar-refractivity contribution in [1.29, 1.82) is 0 Å². The Morgan fingerprint density at radius 3 is 2.67 bits per heavy atom. The Hall–Kier alpha value is -2.43. The predicted molar refractivity (Wildman–Crippen MR) is 74.1 cm³/mol. The number of alkyl halides is 3. The molecule has 108 valence electrons. The first kappa shape index (κ1) is 13.5. The third-order valence-corrected chi connectivity index (χ3v) is 3.18. The number of hydrogen-bond donors (Lipinski definition) is 1. The second-order valence-corrected chi connectivity index (χ2v) is 4.71. The van der Waals surface area contributed by atoms with Gasteiger partial charge in [-0.2, -0.15) is 13.2 Å². The predicted octanol–water partition coefficient (Wildman–Crippen LogP) is 4.77. The Balaban J connectivity index is 1.75. The number of fused-ring (bicyclic) bond motifs is 1. The molecule has 5 heteroatoms. The zero-order valence-corrected chi connectivity index (χ0v) is 10.9. The SMILES string of the molecule is FC(F)(F)c1cccc(COc2ccc3[nH]ccc3c2)c1. The van der Waals surface area contributed by atoms with E-state index in [0.29, 0.717) is 11.3 Å². The molecule has 1 aromatic heterocycles. The van der Waals surface area contributed by atoms with E-state index in [4.69, 9.17) is 4.74 Å². The Morgan fingerprint density at radius 1 is 1.00 bits per heavy atom. The van der Waals surface area contributed by atoms with Crippen LogP contribution < -0.4 is 4.74 Å². The second-order valence-electron chi connectivity index (χ2n) is 4.71. The summed E-state index contributed by atoms with van der Waals surface area (Å²) < 4.78 is 43.4. The van der Waals surface area contributed by atoms with Crippen molar-refractivity contribution in [3.63, 3.8) is 0 Å². The molecule has 0 saturated carbocycles. The number of ether oxygens (including phenoxy) is 1. The zero-order chi connectivity index (χ0) is 14.9. The smallest absolute Gasteiger partial charge is 0.416 e. The van der Waals surface area contributed by atoms with Crippen molar-refractivity contribution in [2.75, 3.05) is 0 Å². The molecule has 0 unspecified atom stereocenters. The molecule has 0 aliphatic heterocycles. The number of aromatic nitrogens is 1. The molecule has 0 bridgehead atoms. The van der Waals surface area contributed by atoms with Crippen LogP contribution in [0, 0.1) is 0 Å². The minimum atomic E-state index is -4.33. The molecule has 0 spiro atoms. The van der Waals surface area contributed by atoms with Crippen molar-refractivity contribution >= 4 is 10.9 Å². The molecule has 0 amide bonds. The third kappa shape index (κ3) is 3.02. The summed E-state index contributed by atoms with van der Waals surface area (Å²) in [5.41, 5.74) is 0.810. The van der Waals surface area contributed by atoms with E-state index in [-0.39, 0.29) is 6.61 Å². The molecule has 0 saturated heterocycles. The fourth-order valence-corrected chi connectivity index (χ4v) is 2.13. The molecule has 0 atom stereocenters. The highest BCUT2D eigenvalue weighted by Gasteiger charge is 2.30. The Kier molecular flexibility index (Phi) is 3.33. The Bertz CT molecular complexity index is 761. The van der Waals surface area contributed by atoms with Crippen LogP contribution in [-0.4, -0.2) is 4.98 Å². The molecule has 1 heterocycles. The summed E-state index contributed by atoms with van der Waals surface area (Å²) >= 11 is 0. The molecule has 21 heavy (non-hydrogen) atoms. The molecule has 0 aliphatic carbocycles. The fourth-order valence-electron chi connectivity index (χ4n) is 2.13. The van der Waals surface area contributed by atoms with Gasteiger partial charge in [0.15, 0.2) is 0 Å². The van der Waals surface area contributed by atoms with Gasteiger partial charge < -0.3 is 9.72 Å². The van der Waals surface area contributed by atoms with E-state index in [1.165, 1.54) is 6.07 Å². The van der Waals surface area contributed by atoms with Crippen molar-refractivity contribution in [2.24, 2.45) is 0 Å². The van der Waals surface area contributed by atoms with Crippen LogP contribution in [0.25, 0.3) is 10.9 Å². The van der Waals surface area contributed by atoms with Crippen LogP contribution >= 0.6 is 0 Å². The molecule has 2 nitrogen and oxygen atoms in total. The minimum absolute atomic E-state index is 0.0971. The normalized spacial score (nSPS) is 11.8. The maximum Gasteiger partial charge on any atom is 0.416 e. The minimum Gasteiger partial charge on any atom is -0.489 e. The molecule has 0 fully saturated rings. The summed E-state index contributed by atoms with van der Waals surface area (Å²) in [4.78, 5) is 3.06. The maximum atomic E-state index is 12.6. The van der Waals surface area contributed by atoms with Crippen LogP contribution in [0.1, 0.15) is 11.1 Å². The number of aromatic amines is 1. The van der Waals surface area contributed by atoms with Crippen molar-refractivity contribution in [3.05, 3.63) is 65.9 Å². The standard InChI is InChI=1S/C16H12F3NO/c17-16(18,19)13-3-1-2-11(8-13)10-21-14-4-5-15-12(9-14)6-7-20-15/h1-9,20H,10H2.